The minimum atomic E-state index is -0.700. The van der Waals surface area contributed by atoms with Gasteiger partial charge in [-0.15, -0.1) is 0 Å². The summed E-state index contributed by atoms with van der Waals surface area (Å²) in [7, 11) is 1.96. The zero-order valence-corrected chi connectivity index (χ0v) is 10.00. The Morgan fingerprint density at radius 3 is 3.00 bits per heavy atom. The summed E-state index contributed by atoms with van der Waals surface area (Å²) in [6.07, 6.45) is 4.72. The van der Waals surface area contributed by atoms with Crippen molar-refractivity contribution >= 4 is 22.8 Å². The van der Waals surface area contributed by atoms with Gasteiger partial charge in [-0.3, -0.25) is 4.79 Å². The lowest BCUT2D eigenvalue weighted by Gasteiger charge is -2.39. The van der Waals surface area contributed by atoms with Gasteiger partial charge in [-0.2, -0.15) is 0 Å². The number of nitrogens with one attached hydrogen (secondary N) is 1. The van der Waals surface area contributed by atoms with Gasteiger partial charge in [0.05, 0.1) is 11.3 Å². The Morgan fingerprint density at radius 2 is 2.28 bits per heavy atom. The Kier molecular flexibility index (Phi) is 2.43. The molecular formula is C12H14N4O2. The standard InChI is InChI=1S/C12H14N4O2/c1-16(8-4-7(5-8)12(17)18)11-9-2-3-13-10(9)14-6-15-11/h2-3,6-8H,4-5H2,1H3,(H,17,18)(H,13,14,15)/t7-,8+. The molecule has 6 nitrogen and oxygen atoms in total. The van der Waals surface area contributed by atoms with E-state index in [4.69, 9.17) is 5.11 Å². The topological polar surface area (TPSA) is 82.1 Å². The summed E-state index contributed by atoms with van der Waals surface area (Å²) in [4.78, 5) is 24.3. The summed E-state index contributed by atoms with van der Waals surface area (Å²) in [5, 5.41) is 9.86. The van der Waals surface area contributed by atoms with E-state index in [0.29, 0.717) is 12.8 Å². The predicted octanol–water partition coefficient (Wildman–Crippen LogP) is 1.26. The minimum absolute atomic E-state index is 0.207. The molecule has 18 heavy (non-hydrogen) atoms. The van der Waals surface area contributed by atoms with Crippen LogP contribution >= 0.6 is 0 Å². The van der Waals surface area contributed by atoms with Crippen LogP contribution < -0.4 is 4.90 Å². The third kappa shape index (κ3) is 1.61. The van der Waals surface area contributed by atoms with E-state index >= 15 is 0 Å². The van der Waals surface area contributed by atoms with Crippen molar-refractivity contribution in [3.05, 3.63) is 18.6 Å². The second-order valence-corrected chi connectivity index (χ2v) is 4.71. The van der Waals surface area contributed by atoms with Crippen molar-refractivity contribution < 1.29 is 9.90 Å². The van der Waals surface area contributed by atoms with Gasteiger partial charge >= 0.3 is 5.97 Å². The molecule has 0 spiro atoms. The molecule has 2 N–H and O–H groups in total. The summed E-state index contributed by atoms with van der Waals surface area (Å²) in [5.74, 6) is -0.0507. The van der Waals surface area contributed by atoms with Gasteiger partial charge in [-0.05, 0) is 18.9 Å². The fourth-order valence-electron chi connectivity index (χ4n) is 2.42. The van der Waals surface area contributed by atoms with Gasteiger partial charge in [-0.1, -0.05) is 0 Å². The molecule has 6 heteroatoms. The van der Waals surface area contributed by atoms with Crippen LogP contribution in [0.3, 0.4) is 0 Å². The SMILES string of the molecule is CN(c1ncnc2[nH]ccc12)[C@H]1C[C@@H](C(=O)O)C1. The molecular weight excluding hydrogens is 232 g/mol. The third-order valence-electron chi connectivity index (χ3n) is 3.68. The van der Waals surface area contributed by atoms with Gasteiger partial charge in [0.25, 0.3) is 0 Å². The highest BCUT2D eigenvalue weighted by Gasteiger charge is 2.37. The van der Waals surface area contributed by atoms with E-state index in [9.17, 15) is 4.79 Å². The first kappa shape index (κ1) is 11.0. The van der Waals surface area contributed by atoms with E-state index in [0.717, 1.165) is 16.9 Å². The number of H-pyrrole nitrogens is 1. The van der Waals surface area contributed by atoms with Gasteiger partial charge in [0, 0.05) is 19.3 Å². The van der Waals surface area contributed by atoms with Gasteiger partial charge in [0.15, 0.2) is 0 Å². The van der Waals surface area contributed by atoms with Crippen LogP contribution in [0.1, 0.15) is 12.8 Å². The summed E-state index contributed by atoms with van der Waals surface area (Å²) in [6.45, 7) is 0. The smallest absolute Gasteiger partial charge is 0.306 e. The molecule has 0 aliphatic heterocycles. The second kappa shape index (κ2) is 3.97. The molecule has 2 heterocycles. The first-order valence-corrected chi connectivity index (χ1v) is 5.90. The van der Waals surface area contributed by atoms with E-state index in [1.54, 1.807) is 0 Å². The number of rotatable bonds is 3. The Balaban J connectivity index is 1.83. The van der Waals surface area contributed by atoms with Crippen molar-refractivity contribution in [3.63, 3.8) is 0 Å². The zero-order valence-electron chi connectivity index (χ0n) is 10.00. The number of aromatic nitrogens is 3. The average Bonchev–Trinajstić information content (AvgIpc) is 2.73. The lowest BCUT2D eigenvalue weighted by Crippen LogP contribution is -2.45. The average molecular weight is 246 g/mol. The quantitative estimate of drug-likeness (QED) is 0.852. The second-order valence-electron chi connectivity index (χ2n) is 4.71. The molecule has 2 aromatic rings. The number of carboxylic acid groups (broad SMARTS) is 1. The first-order chi connectivity index (χ1) is 8.66. The van der Waals surface area contributed by atoms with E-state index in [-0.39, 0.29) is 12.0 Å². The molecule has 2 aromatic heterocycles. The largest absolute Gasteiger partial charge is 0.481 e. The Labute approximate surface area is 104 Å². The van der Waals surface area contributed by atoms with Crippen LogP contribution in [0.5, 0.6) is 0 Å². The molecule has 0 amide bonds. The molecule has 0 saturated heterocycles. The number of fused-ring (bicyclic) bond motifs is 1. The van der Waals surface area contributed by atoms with Crippen molar-refractivity contribution in [2.45, 2.75) is 18.9 Å². The van der Waals surface area contributed by atoms with Crippen LogP contribution in [0.25, 0.3) is 11.0 Å². The molecule has 1 saturated carbocycles. The number of aliphatic carboxylic acids is 1. The van der Waals surface area contributed by atoms with E-state index in [2.05, 4.69) is 19.9 Å². The highest BCUT2D eigenvalue weighted by molar-refractivity contribution is 5.87. The maximum absolute atomic E-state index is 10.8. The van der Waals surface area contributed by atoms with Crippen LogP contribution in [0.15, 0.2) is 18.6 Å². The Bertz CT molecular complexity index is 589. The highest BCUT2D eigenvalue weighted by Crippen LogP contribution is 2.34. The van der Waals surface area contributed by atoms with Gasteiger partial charge in [0.1, 0.15) is 17.8 Å². The number of carboxylic acids is 1. The van der Waals surface area contributed by atoms with Crippen molar-refractivity contribution in [3.8, 4) is 0 Å². The normalized spacial score (nSPS) is 22.7. The number of hydrogen-bond acceptors (Lipinski definition) is 4. The Morgan fingerprint density at radius 1 is 1.50 bits per heavy atom. The first-order valence-electron chi connectivity index (χ1n) is 5.90. The number of hydrogen-bond donors (Lipinski definition) is 2. The summed E-state index contributed by atoms with van der Waals surface area (Å²) < 4.78 is 0. The lowest BCUT2D eigenvalue weighted by atomic mass is 9.79. The van der Waals surface area contributed by atoms with Crippen molar-refractivity contribution in [1.29, 1.82) is 0 Å². The maximum Gasteiger partial charge on any atom is 0.306 e. The summed E-state index contributed by atoms with van der Waals surface area (Å²) in [6, 6.07) is 2.19. The summed E-state index contributed by atoms with van der Waals surface area (Å²) in [5.41, 5.74) is 0.806. The van der Waals surface area contributed by atoms with E-state index in [1.807, 2.05) is 19.3 Å². The fourth-order valence-corrected chi connectivity index (χ4v) is 2.42. The fraction of sp³-hybridized carbons (Fsp3) is 0.417. The number of carbonyl (C=O) groups is 1. The monoisotopic (exact) mass is 246 g/mol. The minimum Gasteiger partial charge on any atom is -0.481 e. The number of anilines is 1. The van der Waals surface area contributed by atoms with Crippen LogP contribution in [0, 0.1) is 5.92 Å². The third-order valence-corrected chi connectivity index (χ3v) is 3.68. The highest BCUT2D eigenvalue weighted by atomic mass is 16.4. The van der Waals surface area contributed by atoms with Crippen molar-refractivity contribution in [1.82, 2.24) is 15.0 Å². The van der Waals surface area contributed by atoms with Crippen LogP contribution in [0.2, 0.25) is 0 Å². The molecule has 1 aliphatic carbocycles. The lowest BCUT2D eigenvalue weighted by molar-refractivity contribution is -0.145. The zero-order chi connectivity index (χ0) is 12.7. The van der Waals surface area contributed by atoms with Crippen molar-refractivity contribution in [2.24, 2.45) is 5.92 Å². The molecule has 0 aromatic carbocycles. The molecule has 1 aliphatic rings. The van der Waals surface area contributed by atoms with E-state index in [1.165, 1.54) is 6.33 Å². The predicted molar refractivity (Wildman–Crippen MR) is 66.4 cm³/mol. The summed E-state index contributed by atoms with van der Waals surface area (Å²) >= 11 is 0. The Hall–Kier alpha value is -2.11. The van der Waals surface area contributed by atoms with Gasteiger partial charge in [0.2, 0.25) is 0 Å². The van der Waals surface area contributed by atoms with Crippen LogP contribution in [-0.2, 0) is 4.79 Å². The molecule has 1 fully saturated rings. The molecule has 0 bridgehead atoms. The van der Waals surface area contributed by atoms with E-state index < -0.39 is 5.97 Å². The molecule has 3 rings (SSSR count). The maximum atomic E-state index is 10.8. The van der Waals surface area contributed by atoms with Gasteiger partial charge in [-0.25, -0.2) is 9.97 Å². The van der Waals surface area contributed by atoms with Crippen LogP contribution in [0.4, 0.5) is 5.82 Å². The molecule has 0 atom stereocenters. The van der Waals surface area contributed by atoms with Gasteiger partial charge < -0.3 is 15.0 Å². The van der Waals surface area contributed by atoms with Crippen LogP contribution in [-0.4, -0.2) is 39.1 Å². The molecule has 0 radical (unpaired) electrons. The van der Waals surface area contributed by atoms with Crippen molar-refractivity contribution in [2.75, 3.05) is 11.9 Å². The number of aromatic amines is 1. The molecule has 0 unspecified atom stereocenters. The number of nitrogens with zero attached hydrogens (tertiary/aromatic N) is 3. The molecule has 94 valence electrons.